The van der Waals surface area contributed by atoms with Crippen LogP contribution in [0.15, 0.2) is 60.7 Å². The number of rotatable bonds is 3. The summed E-state index contributed by atoms with van der Waals surface area (Å²) in [6.45, 7) is 2.15. The van der Waals surface area contributed by atoms with Crippen molar-refractivity contribution in [1.82, 2.24) is 0 Å². The van der Waals surface area contributed by atoms with Crippen LogP contribution in [0, 0.1) is 0 Å². The molecule has 2 aromatic rings. The van der Waals surface area contributed by atoms with E-state index < -0.39 is 0 Å². The van der Waals surface area contributed by atoms with Crippen LogP contribution in [0.3, 0.4) is 0 Å². The molecule has 86 valence electrons. The molecule has 0 heterocycles. The minimum Gasteiger partial charge on any atom is -0.0843 e. The van der Waals surface area contributed by atoms with Crippen LogP contribution < -0.4 is 0 Å². The molecule has 0 atom stereocenters. The lowest BCUT2D eigenvalue weighted by Crippen LogP contribution is -1.87. The van der Waals surface area contributed by atoms with E-state index >= 15 is 0 Å². The zero-order valence-corrected chi connectivity index (χ0v) is 10.6. The summed E-state index contributed by atoms with van der Waals surface area (Å²) in [5, 5.41) is 0.778. The smallest absolute Gasteiger partial charge is 0.0412 e. The second kappa shape index (κ2) is 5.70. The van der Waals surface area contributed by atoms with Crippen molar-refractivity contribution in [2.45, 2.75) is 13.3 Å². The van der Waals surface area contributed by atoms with Gasteiger partial charge < -0.3 is 0 Å². The molecule has 0 bridgehead atoms. The molecular weight excluding hydrogens is 228 g/mol. The van der Waals surface area contributed by atoms with Crippen LogP contribution in [0.1, 0.15) is 24.5 Å². The van der Waals surface area contributed by atoms with Crippen LogP contribution in [-0.2, 0) is 0 Å². The predicted octanol–water partition coefficient (Wildman–Crippen LogP) is 5.18. The average molecular weight is 243 g/mol. The number of benzene rings is 2. The fourth-order valence-electron chi connectivity index (χ4n) is 1.88. The quantitative estimate of drug-likeness (QED) is 0.696. The minimum atomic E-state index is 0.778. The normalized spacial score (nSPS) is 11.5. The Hall–Kier alpha value is -1.53. The second-order valence-electron chi connectivity index (χ2n) is 3.90. The van der Waals surface area contributed by atoms with Gasteiger partial charge in [-0.3, -0.25) is 0 Å². The third-order valence-electron chi connectivity index (χ3n) is 2.63. The highest BCUT2D eigenvalue weighted by molar-refractivity contribution is 6.30. The third kappa shape index (κ3) is 2.98. The lowest BCUT2D eigenvalue weighted by molar-refractivity contribution is 1.22. The van der Waals surface area contributed by atoms with Crippen molar-refractivity contribution in [3.05, 3.63) is 76.8 Å². The van der Waals surface area contributed by atoms with Crippen LogP contribution >= 0.6 is 11.6 Å². The fraction of sp³-hybridized carbons (Fsp3) is 0.125. The highest BCUT2D eigenvalue weighted by Crippen LogP contribution is 2.25. The Labute approximate surface area is 108 Å². The van der Waals surface area contributed by atoms with E-state index in [2.05, 4.69) is 43.3 Å². The van der Waals surface area contributed by atoms with Crippen LogP contribution in [0.2, 0.25) is 5.02 Å². The average Bonchev–Trinajstić information content (AvgIpc) is 2.37. The van der Waals surface area contributed by atoms with Crippen molar-refractivity contribution in [1.29, 1.82) is 0 Å². The second-order valence-corrected chi connectivity index (χ2v) is 4.34. The van der Waals surface area contributed by atoms with Gasteiger partial charge in [-0.1, -0.05) is 67.1 Å². The maximum absolute atomic E-state index is 6.05. The van der Waals surface area contributed by atoms with Gasteiger partial charge in [-0.25, -0.2) is 0 Å². The van der Waals surface area contributed by atoms with E-state index in [1.165, 1.54) is 16.7 Å². The summed E-state index contributed by atoms with van der Waals surface area (Å²) >= 11 is 6.05. The van der Waals surface area contributed by atoms with Gasteiger partial charge in [0, 0.05) is 5.02 Å². The van der Waals surface area contributed by atoms with Crippen molar-refractivity contribution in [3.63, 3.8) is 0 Å². The molecule has 0 unspecified atom stereocenters. The molecule has 0 aliphatic heterocycles. The molecule has 0 N–H and O–H groups in total. The van der Waals surface area contributed by atoms with Crippen molar-refractivity contribution in [2.75, 3.05) is 0 Å². The number of hydrogen-bond acceptors (Lipinski definition) is 0. The lowest BCUT2D eigenvalue weighted by atomic mass is 9.97. The first-order chi connectivity index (χ1) is 8.31. The first-order valence-electron chi connectivity index (χ1n) is 5.83. The molecule has 0 aliphatic rings. The summed E-state index contributed by atoms with van der Waals surface area (Å²) in [6.07, 6.45) is 3.25. The monoisotopic (exact) mass is 242 g/mol. The van der Waals surface area contributed by atoms with Crippen LogP contribution in [0.5, 0.6) is 0 Å². The Balaban J connectivity index is 2.47. The molecule has 2 aromatic carbocycles. The topological polar surface area (TPSA) is 0 Å². The van der Waals surface area contributed by atoms with Gasteiger partial charge in [0.05, 0.1) is 0 Å². The van der Waals surface area contributed by atoms with Gasteiger partial charge in [-0.2, -0.15) is 0 Å². The molecule has 0 spiro atoms. The summed E-state index contributed by atoms with van der Waals surface area (Å²) in [4.78, 5) is 0. The van der Waals surface area contributed by atoms with Crippen molar-refractivity contribution in [2.24, 2.45) is 0 Å². The van der Waals surface area contributed by atoms with E-state index in [9.17, 15) is 0 Å². The molecule has 1 heteroatoms. The molecule has 0 radical (unpaired) electrons. The summed E-state index contributed by atoms with van der Waals surface area (Å²) in [5.74, 6) is 0. The minimum absolute atomic E-state index is 0.778. The highest BCUT2D eigenvalue weighted by atomic mass is 35.5. The zero-order chi connectivity index (χ0) is 12.1. The van der Waals surface area contributed by atoms with E-state index in [0.29, 0.717) is 0 Å². The lowest BCUT2D eigenvalue weighted by Gasteiger charge is -2.08. The Kier molecular flexibility index (Phi) is 4.00. The molecule has 0 saturated carbocycles. The molecule has 0 amide bonds. The summed E-state index contributed by atoms with van der Waals surface area (Å²) in [7, 11) is 0. The van der Waals surface area contributed by atoms with E-state index in [1.807, 2.05) is 24.3 Å². The molecule has 0 aromatic heterocycles. The Morgan fingerprint density at radius 2 is 1.71 bits per heavy atom. The Bertz CT molecular complexity index is 512. The van der Waals surface area contributed by atoms with Crippen LogP contribution in [0.4, 0.5) is 0 Å². The largest absolute Gasteiger partial charge is 0.0843 e. The van der Waals surface area contributed by atoms with Gasteiger partial charge in [0.2, 0.25) is 0 Å². The van der Waals surface area contributed by atoms with Gasteiger partial charge in [0.25, 0.3) is 0 Å². The Morgan fingerprint density at radius 3 is 2.35 bits per heavy atom. The fourth-order valence-corrected chi connectivity index (χ4v) is 2.07. The molecule has 0 saturated heterocycles. The maximum atomic E-state index is 6.05. The summed E-state index contributed by atoms with van der Waals surface area (Å²) in [6, 6.07) is 18.4. The predicted molar refractivity (Wildman–Crippen MR) is 75.3 cm³/mol. The summed E-state index contributed by atoms with van der Waals surface area (Å²) < 4.78 is 0. The van der Waals surface area contributed by atoms with Crippen LogP contribution in [-0.4, -0.2) is 0 Å². The van der Waals surface area contributed by atoms with E-state index in [-0.39, 0.29) is 0 Å². The number of halogens is 1. The standard InChI is InChI=1S/C16H15Cl/c1-2-7-16(13-8-4-3-5-9-13)14-10-6-11-15(17)12-14/h3-12H,2H2,1H3/b16-7+. The van der Waals surface area contributed by atoms with Crippen LogP contribution in [0.25, 0.3) is 5.57 Å². The molecule has 0 fully saturated rings. The van der Waals surface area contributed by atoms with E-state index in [1.54, 1.807) is 0 Å². The van der Waals surface area contributed by atoms with Gasteiger partial charge in [0.1, 0.15) is 0 Å². The molecule has 17 heavy (non-hydrogen) atoms. The van der Waals surface area contributed by atoms with Crippen molar-refractivity contribution >= 4 is 17.2 Å². The molecule has 0 aliphatic carbocycles. The molecular formula is C16H15Cl. The van der Waals surface area contributed by atoms with E-state index in [4.69, 9.17) is 11.6 Å². The third-order valence-corrected chi connectivity index (χ3v) is 2.86. The first-order valence-corrected chi connectivity index (χ1v) is 6.20. The summed E-state index contributed by atoms with van der Waals surface area (Å²) in [5.41, 5.74) is 3.65. The first kappa shape index (κ1) is 11.9. The molecule has 0 nitrogen and oxygen atoms in total. The Morgan fingerprint density at radius 1 is 1.00 bits per heavy atom. The van der Waals surface area contributed by atoms with Gasteiger partial charge in [-0.05, 0) is 35.3 Å². The van der Waals surface area contributed by atoms with Gasteiger partial charge >= 0.3 is 0 Å². The zero-order valence-electron chi connectivity index (χ0n) is 9.86. The molecule has 2 rings (SSSR count). The highest BCUT2D eigenvalue weighted by Gasteiger charge is 2.04. The van der Waals surface area contributed by atoms with E-state index in [0.717, 1.165) is 11.4 Å². The van der Waals surface area contributed by atoms with Gasteiger partial charge in [0.15, 0.2) is 0 Å². The SMILES string of the molecule is CC/C=C(\c1ccccc1)c1cccc(Cl)c1. The van der Waals surface area contributed by atoms with Gasteiger partial charge in [-0.15, -0.1) is 0 Å². The number of allylic oxidation sites excluding steroid dienone is 1. The number of hydrogen-bond donors (Lipinski definition) is 0. The van der Waals surface area contributed by atoms with Crippen molar-refractivity contribution in [3.8, 4) is 0 Å². The maximum Gasteiger partial charge on any atom is 0.0412 e. The van der Waals surface area contributed by atoms with Crippen molar-refractivity contribution < 1.29 is 0 Å².